The maximum atomic E-state index is 12.1. The second kappa shape index (κ2) is 4.73. The Morgan fingerprint density at radius 2 is 2.20 bits per heavy atom. The fourth-order valence-electron chi connectivity index (χ4n) is 2.06. The van der Waals surface area contributed by atoms with Crippen LogP contribution in [0.4, 0.5) is 0 Å². The molecule has 0 bridgehead atoms. The summed E-state index contributed by atoms with van der Waals surface area (Å²) in [6.45, 7) is 5.41. The molecule has 1 aliphatic carbocycles. The van der Waals surface area contributed by atoms with Crippen molar-refractivity contribution in [3.05, 3.63) is 11.6 Å². The number of hydrogen-bond acceptors (Lipinski definition) is 2. The lowest BCUT2D eigenvalue weighted by atomic mass is 9.70. The number of Topliss-reactive ketones (excluding diaryl/α,β-unsaturated/α-hetero) is 2. The van der Waals surface area contributed by atoms with E-state index in [2.05, 4.69) is 6.92 Å². The zero-order valence-electron chi connectivity index (χ0n) is 9.93. The Bertz CT molecular complexity index is 302. The molecule has 2 nitrogen and oxygen atoms in total. The molecule has 84 valence electrons. The van der Waals surface area contributed by atoms with Gasteiger partial charge in [-0.05, 0) is 45.1 Å². The number of unbranched alkanes of at least 4 members (excludes halogenated alkanes) is 1. The van der Waals surface area contributed by atoms with Crippen molar-refractivity contribution < 1.29 is 9.59 Å². The molecule has 1 atom stereocenters. The van der Waals surface area contributed by atoms with Crippen molar-refractivity contribution in [3.8, 4) is 0 Å². The normalized spacial score (nSPS) is 29.5. The largest absolute Gasteiger partial charge is 0.299 e. The van der Waals surface area contributed by atoms with Crippen molar-refractivity contribution in [2.75, 3.05) is 0 Å². The van der Waals surface area contributed by atoms with Crippen LogP contribution in [0.3, 0.4) is 0 Å². The zero-order chi connectivity index (χ0) is 11.5. The van der Waals surface area contributed by atoms with Gasteiger partial charge in [-0.25, -0.2) is 0 Å². The van der Waals surface area contributed by atoms with E-state index < -0.39 is 5.41 Å². The molecule has 0 aromatic rings. The van der Waals surface area contributed by atoms with Gasteiger partial charge in [0.15, 0.2) is 5.78 Å². The summed E-state index contributed by atoms with van der Waals surface area (Å²) in [5.41, 5.74) is 0.137. The van der Waals surface area contributed by atoms with Gasteiger partial charge in [0.25, 0.3) is 0 Å². The molecule has 0 spiro atoms. The quantitative estimate of drug-likeness (QED) is 0.527. The molecule has 15 heavy (non-hydrogen) atoms. The van der Waals surface area contributed by atoms with Crippen molar-refractivity contribution in [3.63, 3.8) is 0 Å². The van der Waals surface area contributed by atoms with E-state index >= 15 is 0 Å². The first-order valence-corrected chi connectivity index (χ1v) is 5.77. The number of allylic oxidation sites excluding steroid dienone is 2. The Morgan fingerprint density at radius 1 is 1.53 bits per heavy atom. The van der Waals surface area contributed by atoms with E-state index in [4.69, 9.17) is 0 Å². The second-order valence-corrected chi connectivity index (χ2v) is 4.59. The van der Waals surface area contributed by atoms with Crippen molar-refractivity contribution in [2.24, 2.45) is 5.41 Å². The van der Waals surface area contributed by atoms with Gasteiger partial charge in [-0.1, -0.05) is 19.4 Å². The smallest absolute Gasteiger partial charge is 0.171 e. The van der Waals surface area contributed by atoms with Gasteiger partial charge in [0.1, 0.15) is 5.78 Å². The van der Waals surface area contributed by atoms with Gasteiger partial charge < -0.3 is 0 Å². The number of ketones is 2. The molecule has 1 aliphatic rings. The van der Waals surface area contributed by atoms with Crippen LogP contribution in [0.15, 0.2) is 11.6 Å². The first-order chi connectivity index (χ1) is 7.02. The SMILES string of the molecule is CCC/C=C1\CCCC(C)(C(C)=O)C1=O. The highest BCUT2D eigenvalue weighted by atomic mass is 16.2. The fourth-order valence-corrected chi connectivity index (χ4v) is 2.06. The van der Waals surface area contributed by atoms with Crippen molar-refractivity contribution in [1.82, 2.24) is 0 Å². The monoisotopic (exact) mass is 208 g/mol. The van der Waals surface area contributed by atoms with Crippen LogP contribution in [-0.2, 0) is 9.59 Å². The lowest BCUT2D eigenvalue weighted by Gasteiger charge is -2.30. The summed E-state index contributed by atoms with van der Waals surface area (Å²) < 4.78 is 0. The highest BCUT2D eigenvalue weighted by molar-refractivity contribution is 6.13. The van der Waals surface area contributed by atoms with Crippen LogP contribution >= 0.6 is 0 Å². The molecule has 0 aromatic heterocycles. The summed E-state index contributed by atoms with van der Waals surface area (Å²) in [6.07, 6.45) is 6.52. The average Bonchev–Trinajstić information content (AvgIpc) is 2.20. The molecular weight excluding hydrogens is 188 g/mol. The van der Waals surface area contributed by atoms with Crippen molar-refractivity contribution in [1.29, 1.82) is 0 Å². The third kappa shape index (κ3) is 2.36. The average molecular weight is 208 g/mol. The van der Waals surface area contributed by atoms with Crippen LogP contribution in [0.2, 0.25) is 0 Å². The van der Waals surface area contributed by atoms with E-state index in [1.165, 1.54) is 6.92 Å². The predicted octanol–water partition coefficient (Wildman–Crippen LogP) is 3.06. The van der Waals surface area contributed by atoms with Crippen LogP contribution in [0.1, 0.15) is 52.9 Å². The summed E-state index contributed by atoms with van der Waals surface area (Å²) >= 11 is 0. The van der Waals surface area contributed by atoms with Crippen LogP contribution in [0, 0.1) is 5.41 Å². The Kier molecular flexibility index (Phi) is 3.83. The molecule has 1 unspecified atom stereocenters. The highest BCUT2D eigenvalue weighted by Gasteiger charge is 2.41. The fraction of sp³-hybridized carbons (Fsp3) is 0.692. The van der Waals surface area contributed by atoms with Gasteiger partial charge in [-0.2, -0.15) is 0 Å². The van der Waals surface area contributed by atoms with Crippen molar-refractivity contribution >= 4 is 11.6 Å². The first kappa shape index (κ1) is 12.2. The number of carbonyl (C=O) groups excluding carboxylic acids is 2. The molecule has 0 N–H and O–H groups in total. The van der Waals surface area contributed by atoms with Gasteiger partial charge in [-0.15, -0.1) is 0 Å². The Hall–Kier alpha value is -0.920. The molecule has 1 rings (SSSR count). The maximum absolute atomic E-state index is 12.1. The lowest BCUT2D eigenvalue weighted by Crippen LogP contribution is -2.38. The second-order valence-electron chi connectivity index (χ2n) is 4.59. The van der Waals surface area contributed by atoms with E-state index in [1.54, 1.807) is 6.92 Å². The maximum Gasteiger partial charge on any atom is 0.171 e. The van der Waals surface area contributed by atoms with Gasteiger partial charge in [-0.3, -0.25) is 9.59 Å². The minimum absolute atomic E-state index is 0.00889. The first-order valence-electron chi connectivity index (χ1n) is 5.77. The molecule has 0 saturated heterocycles. The van der Waals surface area contributed by atoms with Crippen LogP contribution in [-0.4, -0.2) is 11.6 Å². The van der Waals surface area contributed by atoms with E-state index in [9.17, 15) is 9.59 Å². The third-order valence-electron chi connectivity index (χ3n) is 3.37. The Balaban J connectivity index is 2.89. The number of carbonyl (C=O) groups is 2. The van der Waals surface area contributed by atoms with Gasteiger partial charge in [0.2, 0.25) is 0 Å². The van der Waals surface area contributed by atoms with Crippen LogP contribution in [0.5, 0.6) is 0 Å². The van der Waals surface area contributed by atoms with Crippen LogP contribution in [0.25, 0.3) is 0 Å². The van der Waals surface area contributed by atoms with Gasteiger partial charge >= 0.3 is 0 Å². The molecular formula is C13H20O2. The van der Waals surface area contributed by atoms with E-state index in [1.807, 2.05) is 6.08 Å². The summed E-state index contributed by atoms with van der Waals surface area (Å²) in [5.74, 6) is 0.0734. The minimum atomic E-state index is -0.738. The molecule has 0 heterocycles. The number of hydrogen-bond donors (Lipinski definition) is 0. The van der Waals surface area contributed by atoms with Crippen LogP contribution < -0.4 is 0 Å². The molecule has 0 aromatic carbocycles. The lowest BCUT2D eigenvalue weighted by molar-refractivity contribution is -0.137. The van der Waals surface area contributed by atoms with Crippen molar-refractivity contribution in [2.45, 2.75) is 52.9 Å². The summed E-state index contributed by atoms with van der Waals surface area (Å²) in [7, 11) is 0. The zero-order valence-corrected chi connectivity index (χ0v) is 9.93. The van der Waals surface area contributed by atoms with E-state index in [-0.39, 0.29) is 11.6 Å². The molecule has 1 saturated carbocycles. The van der Waals surface area contributed by atoms with Gasteiger partial charge in [0.05, 0.1) is 5.41 Å². The highest BCUT2D eigenvalue weighted by Crippen LogP contribution is 2.36. The molecule has 1 fully saturated rings. The van der Waals surface area contributed by atoms with Gasteiger partial charge in [0, 0.05) is 0 Å². The molecule has 2 heteroatoms. The number of rotatable bonds is 3. The summed E-state index contributed by atoms with van der Waals surface area (Å²) in [4.78, 5) is 23.6. The Morgan fingerprint density at radius 3 is 2.73 bits per heavy atom. The Labute approximate surface area is 91.7 Å². The molecule has 0 aliphatic heterocycles. The molecule has 0 amide bonds. The topological polar surface area (TPSA) is 34.1 Å². The third-order valence-corrected chi connectivity index (χ3v) is 3.37. The summed E-state index contributed by atoms with van der Waals surface area (Å²) in [6, 6.07) is 0. The standard InChI is InChI=1S/C13H20O2/c1-4-5-7-11-8-6-9-13(3,10(2)14)12(11)15/h7H,4-6,8-9H2,1-3H3/b11-7+. The molecule has 0 radical (unpaired) electrons. The summed E-state index contributed by atoms with van der Waals surface area (Å²) in [5, 5.41) is 0. The van der Waals surface area contributed by atoms with E-state index in [0.717, 1.165) is 31.3 Å². The predicted molar refractivity (Wildman–Crippen MR) is 60.6 cm³/mol. The van der Waals surface area contributed by atoms with E-state index in [0.29, 0.717) is 6.42 Å². The minimum Gasteiger partial charge on any atom is -0.299 e.